The third-order valence-corrected chi connectivity index (χ3v) is 4.10. The third-order valence-electron chi connectivity index (χ3n) is 3.44. The van der Waals surface area contributed by atoms with Gasteiger partial charge >= 0.3 is 0 Å². The maximum atomic E-state index is 5.97. The molecule has 0 unspecified atom stereocenters. The van der Waals surface area contributed by atoms with E-state index in [2.05, 4.69) is 59.3 Å². The summed E-state index contributed by atoms with van der Waals surface area (Å²) >= 11 is 3.60. The van der Waals surface area contributed by atoms with Gasteiger partial charge in [-0.15, -0.1) is 0 Å². The highest BCUT2D eigenvalue weighted by Gasteiger charge is 2.10. The molecule has 0 aliphatic heterocycles. The third kappa shape index (κ3) is 3.02. The fraction of sp³-hybridized carbons (Fsp3) is 0.200. The molecule has 0 aliphatic rings. The predicted molar refractivity (Wildman–Crippen MR) is 101 cm³/mol. The van der Waals surface area contributed by atoms with Gasteiger partial charge in [0.25, 0.3) is 0 Å². The summed E-state index contributed by atoms with van der Waals surface area (Å²) in [7, 11) is 0. The molecule has 0 radical (unpaired) electrons. The van der Waals surface area contributed by atoms with Gasteiger partial charge in [-0.25, -0.2) is 0 Å². The molecule has 1 aromatic heterocycles. The first kappa shape index (κ1) is 16.6. The average molecular weight is 357 g/mol. The number of hydrogen-bond acceptors (Lipinski definition) is 1. The number of benzene rings is 2. The van der Waals surface area contributed by atoms with Crippen molar-refractivity contribution in [2.45, 2.75) is 27.7 Å². The minimum Gasteiger partial charge on any atom is -0.456 e. The van der Waals surface area contributed by atoms with Crippen molar-refractivity contribution in [3.8, 4) is 0 Å². The van der Waals surface area contributed by atoms with Crippen LogP contribution in [0.3, 0.4) is 0 Å². The Kier molecular flexibility index (Phi) is 5.62. The van der Waals surface area contributed by atoms with Crippen LogP contribution >= 0.6 is 15.9 Å². The molecule has 0 spiro atoms. The Balaban J connectivity index is 0.000000847. The quantitative estimate of drug-likeness (QED) is 0.437. The Morgan fingerprint density at radius 3 is 2.50 bits per heavy atom. The maximum absolute atomic E-state index is 5.97. The van der Waals surface area contributed by atoms with E-state index in [-0.39, 0.29) is 0 Å². The number of allylic oxidation sites excluding steroid dienone is 4. The smallest absolute Gasteiger partial charge is 0.136 e. The topological polar surface area (TPSA) is 13.1 Å². The highest BCUT2D eigenvalue weighted by molar-refractivity contribution is 9.10. The molecule has 3 aromatic rings. The molecule has 0 bridgehead atoms. The molecular weight excluding hydrogens is 336 g/mol. The zero-order valence-electron chi connectivity index (χ0n) is 13.5. The van der Waals surface area contributed by atoms with Crippen molar-refractivity contribution >= 4 is 43.4 Å². The van der Waals surface area contributed by atoms with Crippen LogP contribution in [0.25, 0.3) is 27.5 Å². The number of furan rings is 1. The average Bonchev–Trinajstić information content (AvgIpc) is 2.93. The van der Waals surface area contributed by atoms with E-state index in [1.807, 2.05) is 39.0 Å². The second kappa shape index (κ2) is 7.46. The van der Waals surface area contributed by atoms with Gasteiger partial charge in [-0.1, -0.05) is 60.1 Å². The monoisotopic (exact) mass is 356 g/mol. The van der Waals surface area contributed by atoms with Gasteiger partial charge < -0.3 is 4.42 Å². The van der Waals surface area contributed by atoms with Crippen LogP contribution in [-0.2, 0) is 0 Å². The summed E-state index contributed by atoms with van der Waals surface area (Å²) in [4.78, 5) is 0. The lowest BCUT2D eigenvalue weighted by Crippen LogP contribution is -1.80. The zero-order valence-corrected chi connectivity index (χ0v) is 15.1. The molecule has 0 N–H and O–H groups in total. The van der Waals surface area contributed by atoms with Crippen molar-refractivity contribution in [1.29, 1.82) is 0 Å². The molecule has 2 aromatic carbocycles. The summed E-state index contributed by atoms with van der Waals surface area (Å²) in [5.74, 6) is 0. The van der Waals surface area contributed by atoms with Crippen molar-refractivity contribution in [1.82, 2.24) is 0 Å². The van der Waals surface area contributed by atoms with Gasteiger partial charge in [0.15, 0.2) is 0 Å². The molecule has 114 valence electrons. The summed E-state index contributed by atoms with van der Waals surface area (Å²) < 4.78 is 7.04. The molecule has 0 atom stereocenters. The van der Waals surface area contributed by atoms with Crippen LogP contribution in [-0.4, -0.2) is 0 Å². The summed E-state index contributed by atoms with van der Waals surface area (Å²) in [6.45, 7) is 8.08. The van der Waals surface area contributed by atoms with Gasteiger partial charge in [0, 0.05) is 15.2 Å². The number of halogens is 1. The largest absolute Gasteiger partial charge is 0.456 e. The normalized spacial score (nSPS) is 12.0. The van der Waals surface area contributed by atoms with Gasteiger partial charge in [0.05, 0.1) is 0 Å². The van der Waals surface area contributed by atoms with Crippen molar-refractivity contribution in [2.24, 2.45) is 0 Å². The lowest BCUT2D eigenvalue weighted by molar-refractivity contribution is 0.668. The Labute approximate surface area is 140 Å². The Morgan fingerprint density at radius 2 is 1.82 bits per heavy atom. The van der Waals surface area contributed by atoms with Crippen molar-refractivity contribution in [3.63, 3.8) is 0 Å². The van der Waals surface area contributed by atoms with E-state index in [1.54, 1.807) is 0 Å². The van der Waals surface area contributed by atoms with E-state index >= 15 is 0 Å². The highest BCUT2D eigenvalue weighted by atomic mass is 79.9. The van der Waals surface area contributed by atoms with E-state index in [4.69, 9.17) is 4.42 Å². The SMILES string of the molecule is C/C=C\C(=C/C)c1ccc2c(c1)oc1cccc(Br)c12.CC. The maximum Gasteiger partial charge on any atom is 0.136 e. The summed E-state index contributed by atoms with van der Waals surface area (Å²) in [5.41, 5.74) is 4.22. The number of rotatable bonds is 2. The molecule has 2 heteroatoms. The van der Waals surface area contributed by atoms with Gasteiger partial charge in [-0.05, 0) is 49.2 Å². The van der Waals surface area contributed by atoms with Crippen molar-refractivity contribution in [3.05, 3.63) is 64.7 Å². The molecule has 0 aliphatic carbocycles. The highest BCUT2D eigenvalue weighted by Crippen LogP contribution is 2.35. The van der Waals surface area contributed by atoms with Gasteiger partial charge in [-0.2, -0.15) is 0 Å². The lowest BCUT2D eigenvalue weighted by atomic mass is 10.0. The van der Waals surface area contributed by atoms with E-state index in [0.717, 1.165) is 26.4 Å². The zero-order chi connectivity index (χ0) is 16.1. The van der Waals surface area contributed by atoms with E-state index < -0.39 is 0 Å². The van der Waals surface area contributed by atoms with Crippen LogP contribution in [0.15, 0.2) is 63.5 Å². The van der Waals surface area contributed by atoms with E-state index in [1.165, 1.54) is 11.1 Å². The van der Waals surface area contributed by atoms with Crippen LogP contribution < -0.4 is 0 Å². The molecule has 1 heterocycles. The van der Waals surface area contributed by atoms with Crippen LogP contribution in [0.1, 0.15) is 33.3 Å². The molecule has 0 saturated heterocycles. The summed E-state index contributed by atoms with van der Waals surface area (Å²) in [6.07, 6.45) is 6.27. The first-order chi connectivity index (χ1) is 10.7. The predicted octanol–water partition coefficient (Wildman–Crippen LogP) is 7.35. The minimum absolute atomic E-state index is 0.916. The summed E-state index contributed by atoms with van der Waals surface area (Å²) in [6, 6.07) is 12.4. The summed E-state index contributed by atoms with van der Waals surface area (Å²) in [5, 5.41) is 2.29. The van der Waals surface area contributed by atoms with Gasteiger partial charge in [0.1, 0.15) is 11.2 Å². The molecule has 0 fully saturated rings. The standard InChI is InChI=1S/C18H15BrO.C2H6/c1-3-6-12(4-2)13-9-10-14-17(11-13)20-16-8-5-7-15(19)18(14)16;1-2/h3-11H,1-2H3;1-2H3/b6-3-,12-4+;. The molecule has 0 amide bonds. The Morgan fingerprint density at radius 1 is 1.05 bits per heavy atom. The van der Waals surface area contributed by atoms with Crippen molar-refractivity contribution in [2.75, 3.05) is 0 Å². The number of hydrogen-bond donors (Lipinski definition) is 0. The second-order valence-electron chi connectivity index (χ2n) is 4.67. The Hall–Kier alpha value is -1.80. The van der Waals surface area contributed by atoms with Crippen LogP contribution in [0.4, 0.5) is 0 Å². The minimum atomic E-state index is 0.916. The molecule has 1 nitrogen and oxygen atoms in total. The van der Waals surface area contributed by atoms with E-state index in [9.17, 15) is 0 Å². The first-order valence-electron chi connectivity index (χ1n) is 7.64. The molecule has 22 heavy (non-hydrogen) atoms. The van der Waals surface area contributed by atoms with Crippen LogP contribution in [0, 0.1) is 0 Å². The molecule has 0 saturated carbocycles. The van der Waals surface area contributed by atoms with E-state index in [0.29, 0.717) is 0 Å². The van der Waals surface area contributed by atoms with Gasteiger partial charge in [-0.3, -0.25) is 0 Å². The second-order valence-corrected chi connectivity index (χ2v) is 5.52. The van der Waals surface area contributed by atoms with Crippen LogP contribution in [0.2, 0.25) is 0 Å². The Bertz CT molecular complexity index is 837. The molecular formula is C20H21BrO. The van der Waals surface area contributed by atoms with Crippen LogP contribution in [0.5, 0.6) is 0 Å². The van der Waals surface area contributed by atoms with Gasteiger partial charge in [0.2, 0.25) is 0 Å². The fourth-order valence-corrected chi connectivity index (χ4v) is 3.06. The first-order valence-corrected chi connectivity index (χ1v) is 8.44. The lowest BCUT2D eigenvalue weighted by Gasteiger charge is -2.01. The fourth-order valence-electron chi connectivity index (χ4n) is 2.50. The molecule has 3 rings (SSSR count). The van der Waals surface area contributed by atoms with Crippen molar-refractivity contribution < 1.29 is 4.42 Å². The number of fused-ring (bicyclic) bond motifs is 3.